The van der Waals surface area contributed by atoms with Crippen LogP contribution in [0.25, 0.3) is 0 Å². The molecule has 1 aromatic carbocycles. The first-order valence-electron chi connectivity index (χ1n) is 6.35. The number of halogens is 2. The van der Waals surface area contributed by atoms with Crippen LogP contribution < -0.4 is 10.6 Å². The van der Waals surface area contributed by atoms with Crippen molar-refractivity contribution >= 4 is 23.5 Å². The van der Waals surface area contributed by atoms with E-state index in [0.717, 1.165) is 19.4 Å². The van der Waals surface area contributed by atoms with E-state index in [1.807, 2.05) is 0 Å². The Kier molecular flexibility index (Phi) is 5.60. The van der Waals surface area contributed by atoms with Gasteiger partial charge in [0.05, 0.1) is 11.8 Å². The SMILES string of the molecule is O=C(NC[C@H]1CCCO1)Nc1ccccc1SC(F)F. The van der Waals surface area contributed by atoms with Crippen LogP contribution in [0.1, 0.15) is 12.8 Å². The molecule has 4 nitrogen and oxygen atoms in total. The molecular weight excluding hydrogens is 286 g/mol. The summed E-state index contributed by atoms with van der Waals surface area (Å²) in [7, 11) is 0. The first kappa shape index (κ1) is 15.1. The van der Waals surface area contributed by atoms with Gasteiger partial charge in [-0.15, -0.1) is 0 Å². The molecular formula is C13H16F2N2O2S. The Morgan fingerprint density at radius 3 is 2.95 bits per heavy atom. The first-order valence-corrected chi connectivity index (χ1v) is 7.23. The molecule has 110 valence electrons. The normalized spacial score (nSPS) is 18.2. The second-order valence-corrected chi connectivity index (χ2v) is 5.38. The van der Waals surface area contributed by atoms with Gasteiger partial charge in [-0.25, -0.2) is 4.79 Å². The van der Waals surface area contributed by atoms with E-state index >= 15 is 0 Å². The number of carbonyl (C=O) groups is 1. The number of anilines is 1. The minimum atomic E-state index is -2.52. The van der Waals surface area contributed by atoms with Crippen molar-refractivity contribution in [1.82, 2.24) is 5.32 Å². The average Bonchev–Trinajstić information content (AvgIpc) is 2.91. The van der Waals surface area contributed by atoms with Crippen molar-refractivity contribution in [2.45, 2.75) is 29.6 Å². The van der Waals surface area contributed by atoms with Crippen molar-refractivity contribution in [3.63, 3.8) is 0 Å². The minimum absolute atomic E-state index is 0.0476. The van der Waals surface area contributed by atoms with Crippen LogP contribution in [0.2, 0.25) is 0 Å². The molecule has 2 rings (SSSR count). The number of amides is 2. The molecule has 0 spiro atoms. The van der Waals surface area contributed by atoms with Gasteiger partial charge in [0, 0.05) is 18.0 Å². The number of ether oxygens (including phenoxy) is 1. The average molecular weight is 302 g/mol. The van der Waals surface area contributed by atoms with Gasteiger partial charge >= 0.3 is 6.03 Å². The zero-order valence-electron chi connectivity index (χ0n) is 10.8. The monoisotopic (exact) mass is 302 g/mol. The highest BCUT2D eigenvalue weighted by molar-refractivity contribution is 7.99. The van der Waals surface area contributed by atoms with Crippen molar-refractivity contribution in [2.24, 2.45) is 0 Å². The maximum absolute atomic E-state index is 12.4. The zero-order chi connectivity index (χ0) is 14.4. The second kappa shape index (κ2) is 7.44. The molecule has 1 aliphatic heterocycles. The number of hydrogen-bond acceptors (Lipinski definition) is 3. The number of alkyl halides is 2. The van der Waals surface area contributed by atoms with Crippen LogP contribution in [0.4, 0.5) is 19.3 Å². The first-order chi connectivity index (χ1) is 9.65. The molecule has 0 radical (unpaired) electrons. The highest BCUT2D eigenvalue weighted by atomic mass is 32.2. The van der Waals surface area contributed by atoms with Crippen LogP contribution in [0.3, 0.4) is 0 Å². The molecule has 20 heavy (non-hydrogen) atoms. The summed E-state index contributed by atoms with van der Waals surface area (Å²) < 4.78 is 30.2. The van der Waals surface area contributed by atoms with Gasteiger partial charge < -0.3 is 15.4 Å². The molecule has 1 atom stereocenters. The van der Waals surface area contributed by atoms with E-state index in [1.165, 1.54) is 0 Å². The lowest BCUT2D eigenvalue weighted by Gasteiger charge is -2.13. The molecule has 0 saturated carbocycles. The Morgan fingerprint density at radius 1 is 1.45 bits per heavy atom. The number of carbonyl (C=O) groups excluding carboxylic acids is 1. The highest BCUT2D eigenvalue weighted by Crippen LogP contribution is 2.31. The lowest BCUT2D eigenvalue weighted by atomic mass is 10.2. The van der Waals surface area contributed by atoms with Gasteiger partial charge in [0.2, 0.25) is 0 Å². The van der Waals surface area contributed by atoms with E-state index in [4.69, 9.17) is 4.74 Å². The molecule has 0 aliphatic carbocycles. The largest absolute Gasteiger partial charge is 0.376 e. The van der Waals surface area contributed by atoms with Gasteiger partial charge in [0.1, 0.15) is 0 Å². The lowest BCUT2D eigenvalue weighted by Crippen LogP contribution is -2.35. The van der Waals surface area contributed by atoms with Crippen molar-refractivity contribution in [2.75, 3.05) is 18.5 Å². The number of para-hydroxylation sites is 1. The minimum Gasteiger partial charge on any atom is -0.376 e. The molecule has 1 heterocycles. The van der Waals surface area contributed by atoms with Crippen LogP contribution >= 0.6 is 11.8 Å². The summed E-state index contributed by atoms with van der Waals surface area (Å²) >= 11 is 0.410. The third-order valence-corrected chi connectivity index (χ3v) is 3.65. The van der Waals surface area contributed by atoms with E-state index in [9.17, 15) is 13.6 Å². The van der Waals surface area contributed by atoms with Crippen LogP contribution in [0, 0.1) is 0 Å². The summed E-state index contributed by atoms with van der Waals surface area (Å²) in [6.07, 6.45) is 1.98. The van der Waals surface area contributed by atoms with Crippen LogP contribution in [0.5, 0.6) is 0 Å². The van der Waals surface area contributed by atoms with Crippen molar-refractivity contribution < 1.29 is 18.3 Å². The lowest BCUT2D eigenvalue weighted by molar-refractivity contribution is 0.112. The Bertz CT molecular complexity index is 454. The molecule has 1 fully saturated rings. The molecule has 0 aromatic heterocycles. The van der Waals surface area contributed by atoms with Crippen molar-refractivity contribution in [1.29, 1.82) is 0 Å². The summed E-state index contributed by atoms with van der Waals surface area (Å²) in [6, 6.07) is 6.07. The number of thioether (sulfide) groups is 1. The fourth-order valence-electron chi connectivity index (χ4n) is 1.95. The third kappa shape index (κ3) is 4.64. The molecule has 2 N–H and O–H groups in total. The number of urea groups is 1. The predicted molar refractivity (Wildman–Crippen MR) is 74.3 cm³/mol. The highest BCUT2D eigenvalue weighted by Gasteiger charge is 2.17. The van der Waals surface area contributed by atoms with E-state index in [-0.39, 0.29) is 6.10 Å². The van der Waals surface area contributed by atoms with Crippen LogP contribution in [-0.4, -0.2) is 31.0 Å². The Morgan fingerprint density at radius 2 is 2.25 bits per heavy atom. The fraction of sp³-hybridized carbons (Fsp3) is 0.462. The van der Waals surface area contributed by atoms with E-state index in [0.29, 0.717) is 28.9 Å². The molecule has 2 amide bonds. The smallest absolute Gasteiger partial charge is 0.319 e. The Balaban J connectivity index is 1.86. The van der Waals surface area contributed by atoms with Crippen LogP contribution in [-0.2, 0) is 4.74 Å². The summed E-state index contributed by atoms with van der Waals surface area (Å²) in [5.74, 6) is -2.52. The molecule has 1 aromatic rings. The van der Waals surface area contributed by atoms with E-state index < -0.39 is 11.8 Å². The van der Waals surface area contributed by atoms with Crippen molar-refractivity contribution in [3.05, 3.63) is 24.3 Å². The predicted octanol–water partition coefficient (Wildman–Crippen LogP) is 3.30. The maximum atomic E-state index is 12.4. The van der Waals surface area contributed by atoms with Gasteiger partial charge in [0.15, 0.2) is 0 Å². The quantitative estimate of drug-likeness (QED) is 0.821. The van der Waals surface area contributed by atoms with Gasteiger partial charge in [-0.2, -0.15) is 8.78 Å². The summed E-state index contributed by atoms with van der Waals surface area (Å²) in [6.45, 7) is 1.15. The van der Waals surface area contributed by atoms with E-state index in [2.05, 4.69) is 10.6 Å². The van der Waals surface area contributed by atoms with Crippen LogP contribution in [0.15, 0.2) is 29.2 Å². The molecule has 1 aliphatic rings. The second-order valence-electron chi connectivity index (χ2n) is 4.34. The number of benzene rings is 1. The summed E-state index contributed by atoms with van der Waals surface area (Å²) in [5, 5.41) is 5.26. The molecule has 1 saturated heterocycles. The fourth-order valence-corrected chi connectivity index (χ4v) is 2.54. The number of hydrogen-bond donors (Lipinski definition) is 2. The molecule has 0 bridgehead atoms. The van der Waals surface area contributed by atoms with E-state index in [1.54, 1.807) is 24.3 Å². The standard InChI is InChI=1S/C13H16F2N2O2S/c14-12(15)20-11-6-2-1-5-10(11)17-13(18)16-8-9-4-3-7-19-9/h1-2,5-6,9,12H,3-4,7-8H2,(H2,16,17,18)/t9-/m1/s1. The topological polar surface area (TPSA) is 50.4 Å². The Labute approximate surface area is 120 Å². The Hall–Kier alpha value is -1.34. The van der Waals surface area contributed by atoms with Gasteiger partial charge in [-0.3, -0.25) is 0 Å². The van der Waals surface area contributed by atoms with Gasteiger partial charge in [-0.05, 0) is 25.0 Å². The molecule has 7 heteroatoms. The number of rotatable bonds is 5. The summed E-state index contributed by atoms with van der Waals surface area (Å²) in [4.78, 5) is 12.1. The maximum Gasteiger partial charge on any atom is 0.319 e. The molecule has 0 unspecified atom stereocenters. The van der Waals surface area contributed by atoms with Crippen molar-refractivity contribution in [3.8, 4) is 0 Å². The zero-order valence-corrected chi connectivity index (χ0v) is 11.6. The third-order valence-electron chi connectivity index (χ3n) is 2.87. The van der Waals surface area contributed by atoms with Gasteiger partial charge in [-0.1, -0.05) is 23.9 Å². The number of nitrogens with one attached hydrogen (secondary N) is 2. The summed E-state index contributed by atoms with van der Waals surface area (Å²) in [5.41, 5.74) is 0.377. The van der Waals surface area contributed by atoms with Gasteiger partial charge in [0.25, 0.3) is 5.76 Å².